The number of nitrogens with one attached hydrogen (secondary N) is 1. The summed E-state index contributed by atoms with van der Waals surface area (Å²) in [5.74, 6) is -0.163. The molecule has 3 aliphatic rings. The first-order valence-corrected chi connectivity index (χ1v) is 12.3. The third-order valence-electron chi connectivity index (χ3n) is 7.83. The summed E-state index contributed by atoms with van der Waals surface area (Å²) in [6, 6.07) is 13.8. The van der Waals surface area contributed by atoms with Gasteiger partial charge in [0.25, 0.3) is 5.91 Å². The molecule has 1 N–H and O–H groups in total. The van der Waals surface area contributed by atoms with Gasteiger partial charge >= 0.3 is 0 Å². The SMILES string of the molecule is O=C(NCc1ccccn1)[C@@H]1c2ccccc2C(=O)N(C2CCCCC2)C12CCCCC2. The lowest BCUT2D eigenvalue weighted by molar-refractivity contribution is -0.128. The van der Waals surface area contributed by atoms with Crippen molar-refractivity contribution in [2.45, 2.75) is 88.3 Å². The molecule has 2 aliphatic carbocycles. The molecule has 2 heterocycles. The van der Waals surface area contributed by atoms with Gasteiger partial charge in [-0.05, 0) is 49.4 Å². The van der Waals surface area contributed by atoms with Crippen molar-refractivity contribution >= 4 is 11.8 Å². The Hall–Kier alpha value is -2.69. The van der Waals surface area contributed by atoms with Crippen LogP contribution in [0.15, 0.2) is 48.7 Å². The smallest absolute Gasteiger partial charge is 0.254 e. The minimum absolute atomic E-state index is 0.0262. The van der Waals surface area contributed by atoms with Crippen molar-refractivity contribution in [1.29, 1.82) is 0 Å². The van der Waals surface area contributed by atoms with Crippen LogP contribution in [0.25, 0.3) is 0 Å². The molecule has 5 heteroatoms. The quantitative estimate of drug-likeness (QED) is 0.743. The molecular formula is C27H33N3O2. The highest BCUT2D eigenvalue weighted by molar-refractivity contribution is 6.02. The molecule has 32 heavy (non-hydrogen) atoms. The zero-order valence-electron chi connectivity index (χ0n) is 18.8. The van der Waals surface area contributed by atoms with Gasteiger partial charge in [-0.2, -0.15) is 0 Å². The highest BCUT2D eigenvalue weighted by Crippen LogP contribution is 2.51. The molecular weight excluding hydrogens is 398 g/mol. The van der Waals surface area contributed by atoms with E-state index in [1.807, 2.05) is 42.5 Å². The van der Waals surface area contributed by atoms with E-state index in [1.165, 1.54) is 25.7 Å². The van der Waals surface area contributed by atoms with E-state index in [0.717, 1.165) is 49.8 Å². The molecule has 5 nitrogen and oxygen atoms in total. The number of amides is 2. The van der Waals surface area contributed by atoms with Crippen LogP contribution in [0, 0.1) is 0 Å². The molecule has 1 aliphatic heterocycles. The number of hydrogen-bond acceptors (Lipinski definition) is 3. The Bertz CT molecular complexity index is 962. The number of aromatic nitrogens is 1. The van der Waals surface area contributed by atoms with E-state index < -0.39 is 5.54 Å². The summed E-state index contributed by atoms with van der Waals surface area (Å²) >= 11 is 0. The van der Waals surface area contributed by atoms with Gasteiger partial charge in [0.15, 0.2) is 0 Å². The van der Waals surface area contributed by atoms with Gasteiger partial charge in [0.2, 0.25) is 5.91 Å². The van der Waals surface area contributed by atoms with Crippen LogP contribution in [0.2, 0.25) is 0 Å². The third kappa shape index (κ3) is 3.72. The summed E-state index contributed by atoms with van der Waals surface area (Å²) in [7, 11) is 0. The minimum Gasteiger partial charge on any atom is -0.350 e. The second-order valence-electron chi connectivity index (χ2n) is 9.69. The van der Waals surface area contributed by atoms with Gasteiger partial charge in [0.1, 0.15) is 0 Å². The Morgan fingerprint density at radius 1 is 0.969 bits per heavy atom. The van der Waals surface area contributed by atoms with Gasteiger partial charge in [-0.25, -0.2) is 0 Å². The summed E-state index contributed by atoms with van der Waals surface area (Å²) in [5.41, 5.74) is 2.06. The van der Waals surface area contributed by atoms with Crippen LogP contribution in [0.3, 0.4) is 0 Å². The van der Waals surface area contributed by atoms with Gasteiger partial charge in [-0.3, -0.25) is 14.6 Å². The predicted molar refractivity (Wildman–Crippen MR) is 124 cm³/mol. The molecule has 1 atom stereocenters. The Kier molecular flexibility index (Phi) is 5.99. The Labute approximate surface area is 190 Å². The second kappa shape index (κ2) is 9.05. The number of carbonyl (C=O) groups excluding carboxylic acids is 2. The first-order valence-electron chi connectivity index (χ1n) is 12.3. The monoisotopic (exact) mass is 431 g/mol. The number of rotatable bonds is 4. The molecule has 2 saturated carbocycles. The first-order chi connectivity index (χ1) is 15.7. The molecule has 1 spiro atoms. The Balaban J connectivity index is 1.55. The van der Waals surface area contributed by atoms with Crippen molar-refractivity contribution in [3.8, 4) is 0 Å². The summed E-state index contributed by atoms with van der Waals surface area (Å²) in [6.07, 6.45) is 12.6. The lowest BCUT2D eigenvalue weighted by Gasteiger charge is -2.57. The van der Waals surface area contributed by atoms with Gasteiger partial charge < -0.3 is 10.2 Å². The molecule has 5 rings (SSSR count). The van der Waals surface area contributed by atoms with Crippen LogP contribution < -0.4 is 5.32 Å². The van der Waals surface area contributed by atoms with E-state index in [2.05, 4.69) is 15.2 Å². The van der Waals surface area contributed by atoms with Gasteiger partial charge in [-0.15, -0.1) is 0 Å². The molecule has 168 valence electrons. The molecule has 2 amide bonds. The molecule has 0 bridgehead atoms. The lowest BCUT2D eigenvalue weighted by atomic mass is 9.64. The van der Waals surface area contributed by atoms with Crippen LogP contribution in [-0.2, 0) is 11.3 Å². The Morgan fingerprint density at radius 2 is 1.69 bits per heavy atom. The number of benzene rings is 1. The first kappa shape index (κ1) is 21.2. The fourth-order valence-electron chi connectivity index (χ4n) is 6.43. The summed E-state index contributed by atoms with van der Waals surface area (Å²) < 4.78 is 0. The van der Waals surface area contributed by atoms with Gasteiger partial charge in [-0.1, -0.05) is 62.8 Å². The standard InChI is InChI=1S/C27H33N3O2/c31-25(29-19-20-11-7-10-18-28-20)24-22-14-5-6-15-23(22)26(32)30(21-12-3-1-4-13-21)27(24)16-8-2-9-17-27/h5-7,10-11,14-15,18,21,24H,1-4,8-9,12-13,16-17,19H2,(H,29,31)/t24-/m0/s1. The fourth-order valence-corrected chi connectivity index (χ4v) is 6.43. The molecule has 0 radical (unpaired) electrons. The van der Waals surface area contributed by atoms with Crippen LogP contribution in [-0.4, -0.2) is 33.3 Å². The maximum absolute atomic E-state index is 13.9. The summed E-state index contributed by atoms with van der Waals surface area (Å²) in [4.78, 5) is 34.4. The van der Waals surface area contributed by atoms with E-state index in [-0.39, 0.29) is 23.8 Å². The molecule has 2 aromatic rings. The van der Waals surface area contributed by atoms with Crippen LogP contribution in [0.1, 0.15) is 91.7 Å². The largest absolute Gasteiger partial charge is 0.350 e. The van der Waals surface area contributed by atoms with Crippen LogP contribution in [0.5, 0.6) is 0 Å². The van der Waals surface area contributed by atoms with Crippen molar-refractivity contribution in [2.24, 2.45) is 0 Å². The molecule has 0 unspecified atom stereocenters. The van der Waals surface area contributed by atoms with E-state index in [1.54, 1.807) is 6.20 Å². The summed E-state index contributed by atoms with van der Waals surface area (Å²) in [6.45, 7) is 0.409. The van der Waals surface area contributed by atoms with Crippen molar-refractivity contribution in [1.82, 2.24) is 15.2 Å². The van der Waals surface area contributed by atoms with Crippen LogP contribution >= 0.6 is 0 Å². The van der Waals surface area contributed by atoms with E-state index in [0.29, 0.717) is 12.1 Å². The normalized spacial score (nSPS) is 23.1. The molecule has 2 fully saturated rings. The fraction of sp³-hybridized carbons (Fsp3) is 0.519. The second-order valence-corrected chi connectivity index (χ2v) is 9.69. The van der Waals surface area contributed by atoms with Crippen molar-refractivity contribution < 1.29 is 9.59 Å². The van der Waals surface area contributed by atoms with Gasteiger partial charge in [0, 0.05) is 17.8 Å². The zero-order chi connectivity index (χ0) is 22.0. The van der Waals surface area contributed by atoms with Crippen molar-refractivity contribution in [3.05, 3.63) is 65.5 Å². The minimum atomic E-state index is -0.417. The zero-order valence-corrected chi connectivity index (χ0v) is 18.8. The van der Waals surface area contributed by atoms with Crippen LogP contribution in [0.4, 0.5) is 0 Å². The van der Waals surface area contributed by atoms with Crippen molar-refractivity contribution in [2.75, 3.05) is 0 Å². The van der Waals surface area contributed by atoms with E-state index in [4.69, 9.17) is 0 Å². The topological polar surface area (TPSA) is 62.3 Å². The number of fused-ring (bicyclic) bond motifs is 1. The lowest BCUT2D eigenvalue weighted by Crippen LogP contribution is -2.65. The molecule has 1 aromatic carbocycles. The highest BCUT2D eigenvalue weighted by atomic mass is 16.2. The molecule has 0 saturated heterocycles. The number of carbonyl (C=O) groups is 2. The van der Waals surface area contributed by atoms with E-state index in [9.17, 15) is 9.59 Å². The Morgan fingerprint density at radius 3 is 2.44 bits per heavy atom. The maximum Gasteiger partial charge on any atom is 0.254 e. The maximum atomic E-state index is 13.9. The average molecular weight is 432 g/mol. The number of hydrogen-bond donors (Lipinski definition) is 1. The number of pyridine rings is 1. The van der Waals surface area contributed by atoms with E-state index >= 15 is 0 Å². The number of nitrogens with zero attached hydrogens (tertiary/aromatic N) is 2. The van der Waals surface area contributed by atoms with Gasteiger partial charge in [0.05, 0.1) is 23.7 Å². The average Bonchev–Trinajstić information content (AvgIpc) is 2.85. The highest BCUT2D eigenvalue weighted by Gasteiger charge is 2.56. The third-order valence-corrected chi connectivity index (χ3v) is 7.83. The summed E-state index contributed by atoms with van der Waals surface area (Å²) in [5, 5.41) is 3.18. The predicted octanol–water partition coefficient (Wildman–Crippen LogP) is 4.97. The molecule has 1 aromatic heterocycles. The van der Waals surface area contributed by atoms with Crippen molar-refractivity contribution in [3.63, 3.8) is 0 Å².